The van der Waals surface area contributed by atoms with Gasteiger partial charge in [0.2, 0.25) is 0 Å². The lowest BCUT2D eigenvalue weighted by molar-refractivity contribution is 0.632. The van der Waals surface area contributed by atoms with Crippen molar-refractivity contribution in [1.29, 1.82) is 5.26 Å². The summed E-state index contributed by atoms with van der Waals surface area (Å²) in [6, 6.07) is 12.4. The Bertz CT molecular complexity index is 952. The maximum atomic E-state index is 9.62. The third-order valence-corrected chi connectivity index (χ3v) is 4.03. The quantitative estimate of drug-likeness (QED) is 0.748. The number of fused-ring (bicyclic) bond motifs is 1. The van der Waals surface area contributed by atoms with E-state index in [2.05, 4.69) is 39.2 Å². The molecule has 0 aliphatic carbocycles. The Morgan fingerprint density at radius 3 is 2.96 bits per heavy atom. The lowest BCUT2D eigenvalue weighted by atomic mass is 9.80. The molecule has 0 amide bonds. The SMILES string of the molecule is CC#CCC(C)(C#N)c1cccc(-c2ccnc3[nH]ncc23)c1. The third kappa shape index (κ3) is 2.67. The van der Waals surface area contributed by atoms with Gasteiger partial charge in [-0.3, -0.25) is 5.10 Å². The fourth-order valence-electron chi connectivity index (χ4n) is 2.60. The van der Waals surface area contributed by atoms with Crippen molar-refractivity contribution in [3.63, 3.8) is 0 Å². The molecule has 4 nitrogen and oxygen atoms in total. The van der Waals surface area contributed by atoms with Crippen LogP contribution < -0.4 is 0 Å². The van der Waals surface area contributed by atoms with E-state index in [1.165, 1.54) is 0 Å². The summed E-state index contributed by atoms with van der Waals surface area (Å²) in [4.78, 5) is 4.27. The molecular weight excluding hydrogens is 284 g/mol. The molecule has 1 aromatic carbocycles. The molecule has 0 spiro atoms. The van der Waals surface area contributed by atoms with Crippen LogP contribution in [0.4, 0.5) is 0 Å². The first-order valence-electron chi connectivity index (χ1n) is 7.38. The summed E-state index contributed by atoms with van der Waals surface area (Å²) in [5, 5.41) is 17.5. The van der Waals surface area contributed by atoms with Crippen LogP contribution in [-0.2, 0) is 5.41 Å². The van der Waals surface area contributed by atoms with Crippen molar-refractivity contribution >= 4 is 11.0 Å². The van der Waals surface area contributed by atoms with Gasteiger partial charge in [-0.2, -0.15) is 10.4 Å². The molecule has 0 saturated carbocycles. The highest BCUT2D eigenvalue weighted by atomic mass is 15.1. The molecule has 0 aliphatic heterocycles. The smallest absolute Gasteiger partial charge is 0.155 e. The summed E-state index contributed by atoms with van der Waals surface area (Å²) in [7, 11) is 0. The Hall–Kier alpha value is -3.11. The predicted octanol–water partition coefficient (Wildman–Crippen LogP) is 3.82. The van der Waals surface area contributed by atoms with E-state index in [-0.39, 0.29) is 0 Å². The number of nitrogens with one attached hydrogen (secondary N) is 1. The number of hydrogen-bond acceptors (Lipinski definition) is 3. The van der Waals surface area contributed by atoms with Crippen LogP contribution in [0.15, 0.2) is 42.7 Å². The Morgan fingerprint density at radius 1 is 1.30 bits per heavy atom. The highest BCUT2D eigenvalue weighted by Crippen LogP contribution is 2.32. The lowest BCUT2D eigenvalue weighted by Gasteiger charge is -2.20. The van der Waals surface area contributed by atoms with E-state index >= 15 is 0 Å². The minimum atomic E-state index is -0.623. The maximum absolute atomic E-state index is 9.62. The van der Waals surface area contributed by atoms with Gasteiger partial charge in [-0.25, -0.2) is 4.98 Å². The number of nitrogens with zero attached hydrogens (tertiary/aromatic N) is 3. The molecule has 23 heavy (non-hydrogen) atoms. The van der Waals surface area contributed by atoms with Crippen LogP contribution >= 0.6 is 0 Å². The minimum absolute atomic E-state index is 0.515. The minimum Gasteiger partial charge on any atom is -0.261 e. The summed E-state index contributed by atoms with van der Waals surface area (Å²) in [6.45, 7) is 3.72. The van der Waals surface area contributed by atoms with Crippen molar-refractivity contribution < 1.29 is 0 Å². The van der Waals surface area contributed by atoms with E-state index in [0.717, 1.165) is 27.7 Å². The Morgan fingerprint density at radius 2 is 2.17 bits per heavy atom. The second-order valence-electron chi connectivity index (χ2n) is 5.62. The molecule has 0 bridgehead atoms. The number of hydrogen-bond donors (Lipinski definition) is 1. The Labute approximate surface area is 135 Å². The number of benzene rings is 1. The van der Waals surface area contributed by atoms with E-state index in [0.29, 0.717) is 6.42 Å². The van der Waals surface area contributed by atoms with Crippen LogP contribution in [0.1, 0.15) is 25.8 Å². The summed E-state index contributed by atoms with van der Waals surface area (Å²) in [6.07, 6.45) is 4.05. The molecule has 112 valence electrons. The van der Waals surface area contributed by atoms with Gasteiger partial charge in [0.25, 0.3) is 0 Å². The molecule has 2 aromatic heterocycles. The van der Waals surface area contributed by atoms with Gasteiger partial charge in [0.05, 0.1) is 17.7 Å². The van der Waals surface area contributed by atoms with Crippen molar-refractivity contribution in [3.8, 4) is 29.0 Å². The van der Waals surface area contributed by atoms with Crippen molar-refractivity contribution in [2.45, 2.75) is 25.7 Å². The van der Waals surface area contributed by atoms with Crippen LogP contribution in [0.2, 0.25) is 0 Å². The van der Waals surface area contributed by atoms with Gasteiger partial charge in [0.15, 0.2) is 5.65 Å². The second-order valence-corrected chi connectivity index (χ2v) is 5.62. The van der Waals surface area contributed by atoms with Crippen molar-refractivity contribution in [2.75, 3.05) is 0 Å². The highest BCUT2D eigenvalue weighted by molar-refractivity contribution is 5.92. The first-order chi connectivity index (χ1) is 11.2. The fourth-order valence-corrected chi connectivity index (χ4v) is 2.60. The average Bonchev–Trinajstić information content (AvgIpc) is 3.08. The van der Waals surface area contributed by atoms with Crippen molar-refractivity contribution in [2.24, 2.45) is 0 Å². The van der Waals surface area contributed by atoms with E-state index < -0.39 is 5.41 Å². The summed E-state index contributed by atoms with van der Waals surface area (Å²) < 4.78 is 0. The van der Waals surface area contributed by atoms with Gasteiger partial charge < -0.3 is 0 Å². The molecule has 4 heteroatoms. The normalized spacial score (nSPS) is 12.9. The van der Waals surface area contributed by atoms with Crippen LogP contribution in [0, 0.1) is 23.2 Å². The van der Waals surface area contributed by atoms with Gasteiger partial charge in [-0.15, -0.1) is 11.8 Å². The van der Waals surface area contributed by atoms with Crippen LogP contribution in [0.3, 0.4) is 0 Å². The van der Waals surface area contributed by atoms with Gasteiger partial charge >= 0.3 is 0 Å². The maximum Gasteiger partial charge on any atom is 0.155 e. The molecule has 1 unspecified atom stereocenters. The first-order valence-corrected chi connectivity index (χ1v) is 7.38. The van der Waals surface area contributed by atoms with Gasteiger partial charge in [-0.05, 0) is 42.7 Å². The van der Waals surface area contributed by atoms with E-state index in [4.69, 9.17) is 0 Å². The molecule has 2 heterocycles. The highest BCUT2D eigenvalue weighted by Gasteiger charge is 2.25. The third-order valence-electron chi connectivity index (χ3n) is 4.03. The van der Waals surface area contributed by atoms with Gasteiger partial charge in [0, 0.05) is 18.0 Å². The average molecular weight is 300 g/mol. The molecule has 3 aromatic rings. The second kappa shape index (κ2) is 5.94. The molecule has 0 aliphatic rings. The Kier molecular flexibility index (Phi) is 3.83. The predicted molar refractivity (Wildman–Crippen MR) is 90.4 cm³/mol. The molecule has 1 N–H and O–H groups in total. The standard InChI is InChI=1S/C19H16N4/c1-3-4-9-19(2,13-20)15-7-5-6-14(11-15)16-8-10-21-18-17(16)12-22-23-18/h5-8,10-12H,9H2,1-2H3,(H,21,22,23). The van der Waals surface area contributed by atoms with E-state index in [9.17, 15) is 5.26 Å². The molecule has 0 saturated heterocycles. The van der Waals surface area contributed by atoms with Crippen LogP contribution in [0.5, 0.6) is 0 Å². The zero-order valence-electron chi connectivity index (χ0n) is 13.1. The summed E-state index contributed by atoms with van der Waals surface area (Å²) in [5.74, 6) is 5.90. The summed E-state index contributed by atoms with van der Waals surface area (Å²) >= 11 is 0. The van der Waals surface area contributed by atoms with Crippen LogP contribution in [0.25, 0.3) is 22.2 Å². The van der Waals surface area contributed by atoms with Crippen molar-refractivity contribution in [1.82, 2.24) is 15.2 Å². The monoisotopic (exact) mass is 300 g/mol. The number of aromatic nitrogens is 3. The van der Waals surface area contributed by atoms with E-state index in [1.807, 2.05) is 31.2 Å². The largest absolute Gasteiger partial charge is 0.261 e. The number of nitriles is 1. The zero-order chi connectivity index (χ0) is 16.3. The number of aromatic amines is 1. The number of H-pyrrole nitrogens is 1. The number of pyridine rings is 1. The molecule has 3 rings (SSSR count). The van der Waals surface area contributed by atoms with Crippen molar-refractivity contribution in [3.05, 3.63) is 48.3 Å². The molecule has 1 atom stereocenters. The molecule has 0 radical (unpaired) electrons. The molecule has 0 fully saturated rings. The first kappa shape index (κ1) is 14.8. The van der Waals surface area contributed by atoms with Gasteiger partial charge in [-0.1, -0.05) is 18.2 Å². The fraction of sp³-hybridized carbons (Fsp3) is 0.211. The van der Waals surface area contributed by atoms with E-state index in [1.54, 1.807) is 19.3 Å². The molecular formula is C19H16N4. The Balaban J connectivity index is 2.11. The topological polar surface area (TPSA) is 65.4 Å². The zero-order valence-corrected chi connectivity index (χ0v) is 13.1. The van der Waals surface area contributed by atoms with Crippen LogP contribution in [-0.4, -0.2) is 15.2 Å². The number of rotatable bonds is 3. The lowest BCUT2D eigenvalue weighted by Crippen LogP contribution is -2.18. The summed E-state index contributed by atoms with van der Waals surface area (Å²) in [5.41, 5.74) is 3.19. The van der Waals surface area contributed by atoms with Gasteiger partial charge in [0.1, 0.15) is 0 Å².